The minimum Gasteiger partial charge on any atom is -0.484 e. The third-order valence-electron chi connectivity index (χ3n) is 4.50. The monoisotopic (exact) mass is 403 g/mol. The van der Waals surface area contributed by atoms with E-state index in [0.29, 0.717) is 17.0 Å². The summed E-state index contributed by atoms with van der Waals surface area (Å²) in [5.41, 5.74) is 3.15. The fourth-order valence-corrected chi connectivity index (χ4v) is 2.92. The molecule has 0 bridgehead atoms. The van der Waals surface area contributed by atoms with Crippen LogP contribution in [0, 0.1) is 0 Å². The number of aromatic nitrogens is 1. The molecule has 0 aliphatic carbocycles. The Labute approximate surface area is 176 Å². The van der Waals surface area contributed by atoms with Gasteiger partial charge in [-0.1, -0.05) is 43.7 Å². The van der Waals surface area contributed by atoms with E-state index >= 15 is 0 Å². The number of carbonyl (C=O) groups is 2. The van der Waals surface area contributed by atoms with Gasteiger partial charge < -0.3 is 15.4 Å². The summed E-state index contributed by atoms with van der Waals surface area (Å²) in [6.07, 6.45) is 5.23. The molecule has 6 heteroatoms. The Kier molecular flexibility index (Phi) is 7.55. The maximum absolute atomic E-state index is 12.4. The molecule has 0 unspecified atom stereocenters. The van der Waals surface area contributed by atoms with Gasteiger partial charge in [-0.2, -0.15) is 0 Å². The first-order valence-corrected chi connectivity index (χ1v) is 9.93. The van der Waals surface area contributed by atoms with Crippen LogP contribution in [0.25, 0.3) is 0 Å². The molecule has 3 rings (SSSR count). The van der Waals surface area contributed by atoms with Gasteiger partial charge in [-0.3, -0.25) is 14.6 Å². The van der Waals surface area contributed by atoms with Crippen molar-refractivity contribution in [2.24, 2.45) is 0 Å². The van der Waals surface area contributed by atoms with Crippen molar-refractivity contribution in [2.75, 3.05) is 11.9 Å². The number of amides is 2. The third kappa shape index (κ3) is 6.17. The third-order valence-corrected chi connectivity index (χ3v) is 4.50. The summed E-state index contributed by atoms with van der Waals surface area (Å²) in [5, 5.41) is 5.69. The number of hydrogen-bond acceptors (Lipinski definition) is 4. The Morgan fingerprint density at radius 3 is 2.53 bits per heavy atom. The topological polar surface area (TPSA) is 80.3 Å². The molecule has 0 aliphatic heterocycles. The van der Waals surface area contributed by atoms with Crippen molar-refractivity contribution < 1.29 is 14.3 Å². The molecule has 30 heavy (non-hydrogen) atoms. The van der Waals surface area contributed by atoms with Crippen LogP contribution in [0.1, 0.15) is 34.8 Å². The zero-order chi connectivity index (χ0) is 21.2. The second kappa shape index (κ2) is 10.8. The molecule has 0 atom stereocenters. The molecule has 0 spiro atoms. The average molecular weight is 403 g/mol. The molecule has 2 amide bonds. The van der Waals surface area contributed by atoms with E-state index in [1.807, 2.05) is 42.5 Å². The standard InChI is InChI=1S/C24H25N3O3/c1-2-6-18-10-12-21(13-11-18)30-17-23(28)26-16-19-7-3-4-9-22(19)27-24(29)20-8-5-14-25-15-20/h3-5,7-15H,2,6,16-17H2,1H3,(H,26,28)(H,27,29). The molecule has 1 heterocycles. The average Bonchev–Trinajstić information content (AvgIpc) is 2.79. The summed E-state index contributed by atoms with van der Waals surface area (Å²) in [4.78, 5) is 28.5. The SMILES string of the molecule is CCCc1ccc(OCC(=O)NCc2ccccc2NC(=O)c2cccnc2)cc1. The number of rotatable bonds is 9. The van der Waals surface area contributed by atoms with Gasteiger partial charge in [0, 0.05) is 24.6 Å². The highest BCUT2D eigenvalue weighted by Gasteiger charge is 2.10. The zero-order valence-corrected chi connectivity index (χ0v) is 16.9. The van der Waals surface area contributed by atoms with Crippen molar-refractivity contribution in [3.8, 4) is 5.75 Å². The Morgan fingerprint density at radius 1 is 1.00 bits per heavy atom. The normalized spacial score (nSPS) is 10.3. The number of aryl methyl sites for hydroxylation is 1. The van der Waals surface area contributed by atoms with Crippen molar-refractivity contribution >= 4 is 17.5 Å². The fourth-order valence-electron chi connectivity index (χ4n) is 2.92. The van der Waals surface area contributed by atoms with Gasteiger partial charge in [-0.15, -0.1) is 0 Å². The van der Waals surface area contributed by atoms with E-state index in [1.54, 1.807) is 24.4 Å². The molecule has 6 nitrogen and oxygen atoms in total. The highest BCUT2D eigenvalue weighted by Crippen LogP contribution is 2.16. The second-order valence-corrected chi connectivity index (χ2v) is 6.81. The van der Waals surface area contributed by atoms with Crippen LogP contribution in [0.3, 0.4) is 0 Å². The van der Waals surface area contributed by atoms with Gasteiger partial charge in [0.1, 0.15) is 5.75 Å². The first-order valence-electron chi connectivity index (χ1n) is 9.93. The number of nitrogens with zero attached hydrogens (tertiary/aromatic N) is 1. The molecule has 0 saturated carbocycles. The van der Waals surface area contributed by atoms with Crippen molar-refractivity contribution in [3.05, 3.63) is 89.7 Å². The van der Waals surface area contributed by atoms with E-state index in [1.165, 1.54) is 11.8 Å². The van der Waals surface area contributed by atoms with Gasteiger partial charge >= 0.3 is 0 Å². The van der Waals surface area contributed by atoms with Gasteiger partial charge in [0.25, 0.3) is 11.8 Å². The lowest BCUT2D eigenvalue weighted by molar-refractivity contribution is -0.123. The molecule has 1 aromatic heterocycles. The Morgan fingerprint density at radius 2 is 1.80 bits per heavy atom. The lowest BCUT2D eigenvalue weighted by atomic mass is 10.1. The van der Waals surface area contributed by atoms with E-state index < -0.39 is 0 Å². The first kappa shape index (κ1) is 21.0. The number of ether oxygens (including phenoxy) is 1. The summed E-state index contributed by atoms with van der Waals surface area (Å²) in [6, 6.07) is 18.5. The van der Waals surface area contributed by atoms with Crippen LogP contribution < -0.4 is 15.4 Å². The number of nitrogens with one attached hydrogen (secondary N) is 2. The summed E-state index contributed by atoms with van der Waals surface area (Å²) < 4.78 is 5.55. The quantitative estimate of drug-likeness (QED) is 0.566. The van der Waals surface area contributed by atoms with Crippen molar-refractivity contribution in [1.29, 1.82) is 0 Å². The lowest BCUT2D eigenvalue weighted by Crippen LogP contribution is -2.29. The fraction of sp³-hybridized carbons (Fsp3) is 0.208. The van der Waals surface area contributed by atoms with Crippen LogP contribution >= 0.6 is 0 Å². The van der Waals surface area contributed by atoms with Crippen LogP contribution in [0.15, 0.2) is 73.1 Å². The zero-order valence-electron chi connectivity index (χ0n) is 16.9. The van der Waals surface area contributed by atoms with E-state index in [0.717, 1.165) is 18.4 Å². The summed E-state index contributed by atoms with van der Waals surface area (Å²) in [5.74, 6) is 0.173. The first-order chi connectivity index (χ1) is 14.7. The van der Waals surface area contributed by atoms with Gasteiger partial charge in [-0.25, -0.2) is 0 Å². The predicted molar refractivity (Wildman–Crippen MR) is 116 cm³/mol. The highest BCUT2D eigenvalue weighted by atomic mass is 16.5. The van der Waals surface area contributed by atoms with Crippen molar-refractivity contribution in [3.63, 3.8) is 0 Å². The molecule has 0 radical (unpaired) electrons. The molecule has 154 valence electrons. The molecular weight excluding hydrogens is 378 g/mol. The van der Waals surface area contributed by atoms with E-state index in [2.05, 4.69) is 22.5 Å². The van der Waals surface area contributed by atoms with Crippen molar-refractivity contribution in [2.45, 2.75) is 26.3 Å². The van der Waals surface area contributed by atoms with Crippen LogP contribution in [-0.2, 0) is 17.8 Å². The van der Waals surface area contributed by atoms with Gasteiger partial charge in [0.2, 0.25) is 0 Å². The minimum atomic E-state index is -0.253. The smallest absolute Gasteiger partial charge is 0.258 e. The van der Waals surface area contributed by atoms with Crippen LogP contribution in [0.5, 0.6) is 5.75 Å². The Bertz CT molecular complexity index is 973. The number of para-hydroxylation sites is 1. The number of hydrogen-bond donors (Lipinski definition) is 2. The highest BCUT2D eigenvalue weighted by molar-refractivity contribution is 6.04. The van der Waals surface area contributed by atoms with E-state index in [9.17, 15) is 9.59 Å². The van der Waals surface area contributed by atoms with Crippen LogP contribution in [-0.4, -0.2) is 23.4 Å². The van der Waals surface area contributed by atoms with Gasteiger partial charge in [0.05, 0.1) is 5.56 Å². The minimum absolute atomic E-state index is 0.0721. The maximum atomic E-state index is 12.4. The Balaban J connectivity index is 1.51. The van der Waals surface area contributed by atoms with Crippen molar-refractivity contribution in [1.82, 2.24) is 10.3 Å². The molecule has 0 aliphatic rings. The van der Waals surface area contributed by atoms with Crippen LogP contribution in [0.4, 0.5) is 5.69 Å². The Hall–Kier alpha value is -3.67. The molecule has 3 aromatic rings. The van der Waals surface area contributed by atoms with Gasteiger partial charge in [-0.05, 0) is 47.9 Å². The molecule has 0 fully saturated rings. The van der Waals surface area contributed by atoms with E-state index in [4.69, 9.17) is 4.74 Å². The molecule has 2 N–H and O–H groups in total. The summed E-state index contributed by atoms with van der Waals surface area (Å²) >= 11 is 0. The number of pyridine rings is 1. The molecular formula is C24H25N3O3. The van der Waals surface area contributed by atoms with E-state index in [-0.39, 0.29) is 25.0 Å². The lowest BCUT2D eigenvalue weighted by Gasteiger charge is -2.12. The van der Waals surface area contributed by atoms with Crippen LogP contribution in [0.2, 0.25) is 0 Å². The maximum Gasteiger partial charge on any atom is 0.258 e. The molecule has 0 saturated heterocycles. The largest absolute Gasteiger partial charge is 0.484 e. The van der Waals surface area contributed by atoms with Gasteiger partial charge in [0.15, 0.2) is 6.61 Å². The summed E-state index contributed by atoms with van der Waals surface area (Å²) in [6.45, 7) is 2.34. The number of carbonyl (C=O) groups excluding carboxylic acids is 2. The number of anilines is 1. The second-order valence-electron chi connectivity index (χ2n) is 6.81. The summed E-state index contributed by atoms with van der Waals surface area (Å²) in [7, 11) is 0. The predicted octanol–water partition coefficient (Wildman–Crippen LogP) is 3.98. The number of benzene rings is 2. The molecule has 2 aromatic carbocycles.